The summed E-state index contributed by atoms with van der Waals surface area (Å²) in [5, 5.41) is 18.1. The number of hydrogen-bond acceptors (Lipinski definition) is 5. The van der Waals surface area contributed by atoms with Gasteiger partial charge in [0.05, 0.1) is 18.0 Å². The molecule has 0 bridgehead atoms. The number of hydrogen-bond donors (Lipinski definition) is 1. The first kappa shape index (κ1) is 21.1. The monoisotopic (exact) mass is 387 g/mol. The van der Waals surface area contributed by atoms with Crippen LogP contribution in [-0.2, 0) is 11.3 Å². The van der Waals surface area contributed by atoms with E-state index in [1.165, 1.54) is 4.90 Å². The van der Waals surface area contributed by atoms with Crippen LogP contribution in [0.15, 0.2) is 24.3 Å². The first-order valence-corrected chi connectivity index (χ1v) is 8.92. The van der Waals surface area contributed by atoms with Crippen LogP contribution in [0.5, 0.6) is 0 Å². The van der Waals surface area contributed by atoms with E-state index in [1.807, 2.05) is 13.8 Å². The summed E-state index contributed by atoms with van der Waals surface area (Å²) in [5.41, 5.74) is 2.20. The van der Waals surface area contributed by atoms with E-state index in [0.29, 0.717) is 23.5 Å². The molecule has 1 aromatic heterocycles. The fraction of sp³-hybridized carbons (Fsp3) is 0.421. The van der Waals surface area contributed by atoms with Crippen LogP contribution >= 0.6 is 0 Å². The van der Waals surface area contributed by atoms with Gasteiger partial charge < -0.3 is 10.2 Å². The molecule has 2 rings (SSSR count). The van der Waals surface area contributed by atoms with Crippen LogP contribution in [0, 0.1) is 24.0 Å². The normalized spacial score (nSPS) is 10.8. The lowest BCUT2D eigenvalue weighted by Gasteiger charge is -2.18. The molecule has 0 aliphatic heterocycles. The number of carbonyl (C=O) groups is 2. The second-order valence-electron chi connectivity index (χ2n) is 7.01. The van der Waals surface area contributed by atoms with Crippen LogP contribution in [0.1, 0.15) is 41.2 Å². The number of benzene rings is 1. The molecule has 9 heteroatoms. The molecule has 1 heterocycles. The Hall–Kier alpha value is -3.23. The van der Waals surface area contributed by atoms with Crippen molar-refractivity contribution in [2.75, 3.05) is 13.6 Å². The third-order valence-electron chi connectivity index (χ3n) is 4.24. The van der Waals surface area contributed by atoms with Crippen LogP contribution < -0.4 is 5.32 Å². The Bertz CT molecular complexity index is 886. The van der Waals surface area contributed by atoms with Crippen molar-refractivity contribution in [3.05, 3.63) is 56.9 Å². The maximum Gasteiger partial charge on any atom is 0.312 e. The van der Waals surface area contributed by atoms with Crippen molar-refractivity contribution >= 4 is 17.5 Å². The second kappa shape index (κ2) is 8.64. The number of amides is 2. The highest BCUT2D eigenvalue weighted by Crippen LogP contribution is 2.22. The Morgan fingerprint density at radius 2 is 1.86 bits per heavy atom. The molecular weight excluding hydrogens is 362 g/mol. The molecule has 0 aliphatic rings. The van der Waals surface area contributed by atoms with Crippen molar-refractivity contribution in [1.29, 1.82) is 0 Å². The fourth-order valence-electron chi connectivity index (χ4n) is 2.91. The number of carbonyl (C=O) groups excluding carboxylic acids is 2. The Kier molecular flexibility index (Phi) is 6.50. The highest BCUT2D eigenvalue weighted by Gasteiger charge is 2.22. The molecule has 0 aliphatic carbocycles. The van der Waals surface area contributed by atoms with Gasteiger partial charge in [0.2, 0.25) is 5.91 Å². The van der Waals surface area contributed by atoms with Crippen molar-refractivity contribution in [3.63, 3.8) is 0 Å². The number of nitrogens with zero attached hydrogens (tertiary/aromatic N) is 4. The number of nitrogens with one attached hydrogen (secondary N) is 1. The lowest BCUT2D eigenvalue weighted by molar-refractivity contribution is -0.386. The molecule has 0 unspecified atom stereocenters. The number of rotatable bonds is 7. The molecule has 0 fully saturated rings. The molecule has 0 radical (unpaired) electrons. The van der Waals surface area contributed by atoms with E-state index in [-0.39, 0.29) is 30.1 Å². The number of aryl methyl sites for hydroxylation is 1. The molecule has 0 spiro atoms. The van der Waals surface area contributed by atoms with E-state index in [2.05, 4.69) is 10.4 Å². The third kappa shape index (κ3) is 4.93. The average Bonchev–Trinajstić information content (AvgIpc) is 2.87. The first-order chi connectivity index (χ1) is 13.1. The van der Waals surface area contributed by atoms with Crippen LogP contribution in [0.4, 0.5) is 5.69 Å². The Morgan fingerprint density at radius 1 is 1.25 bits per heavy atom. The SMILES string of the molecule is Cc1nn(Cc2ccc(C(=O)N(C)CC(=O)NC(C)C)cc2)c(C)c1[N+](=O)[O-]. The highest BCUT2D eigenvalue weighted by atomic mass is 16.6. The minimum absolute atomic E-state index is 0.0144. The van der Waals surface area contributed by atoms with Crippen LogP contribution in [0.2, 0.25) is 0 Å². The molecule has 2 aromatic rings. The summed E-state index contributed by atoms with van der Waals surface area (Å²) in [6.07, 6.45) is 0. The summed E-state index contributed by atoms with van der Waals surface area (Å²) in [5.74, 6) is -0.471. The third-order valence-corrected chi connectivity index (χ3v) is 4.24. The van der Waals surface area contributed by atoms with E-state index in [9.17, 15) is 19.7 Å². The lowest BCUT2D eigenvalue weighted by atomic mass is 10.1. The predicted octanol–water partition coefficient (Wildman–Crippen LogP) is 2.05. The summed E-state index contributed by atoms with van der Waals surface area (Å²) in [4.78, 5) is 36.3. The number of aromatic nitrogens is 2. The summed E-state index contributed by atoms with van der Waals surface area (Å²) in [7, 11) is 1.57. The maximum absolute atomic E-state index is 12.5. The largest absolute Gasteiger partial charge is 0.352 e. The van der Waals surface area contributed by atoms with E-state index >= 15 is 0 Å². The smallest absolute Gasteiger partial charge is 0.312 e. The van der Waals surface area contributed by atoms with E-state index in [4.69, 9.17) is 0 Å². The summed E-state index contributed by atoms with van der Waals surface area (Å²) in [6, 6.07) is 6.92. The molecule has 9 nitrogen and oxygen atoms in total. The lowest BCUT2D eigenvalue weighted by Crippen LogP contribution is -2.40. The van der Waals surface area contributed by atoms with Crippen molar-refractivity contribution in [3.8, 4) is 0 Å². The minimum Gasteiger partial charge on any atom is -0.352 e. The van der Waals surface area contributed by atoms with Crippen molar-refractivity contribution in [2.24, 2.45) is 0 Å². The minimum atomic E-state index is -0.429. The molecular formula is C19H25N5O4. The molecule has 150 valence electrons. The maximum atomic E-state index is 12.5. The van der Waals surface area contributed by atoms with Crippen LogP contribution in [-0.4, -0.2) is 51.1 Å². The molecule has 0 saturated heterocycles. The standard InChI is InChI=1S/C19H25N5O4/c1-12(2)20-17(25)11-22(5)19(26)16-8-6-15(7-9-16)10-23-14(4)18(24(27)28)13(3)21-23/h6-9,12H,10-11H2,1-5H3,(H,20,25). The summed E-state index contributed by atoms with van der Waals surface area (Å²) in [6.45, 7) is 7.32. The average molecular weight is 387 g/mol. The van der Waals surface area contributed by atoms with Gasteiger partial charge in [-0.1, -0.05) is 12.1 Å². The molecule has 0 atom stereocenters. The zero-order valence-corrected chi connectivity index (χ0v) is 16.7. The van der Waals surface area contributed by atoms with Crippen LogP contribution in [0.25, 0.3) is 0 Å². The molecule has 2 amide bonds. The molecule has 1 N–H and O–H groups in total. The highest BCUT2D eigenvalue weighted by molar-refractivity contribution is 5.96. The van der Waals surface area contributed by atoms with Gasteiger partial charge in [0.25, 0.3) is 5.91 Å². The van der Waals surface area contributed by atoms with Gasteiger partial charge in [0.15, 0.2) is 0 Å². The first-order valence-electron chi connectivity index (χ1n) is 8.92. The van der Waals surface area contributed by atoms with E-state index in [1.54, 1.807) is 49.8 Å². The van der Waals surface area contributed by atoms with Gasteiger partial charge in [-0.3, -0.25) is 24.4 Å². The van der Waals surface area contributed by atoms with E-state index < -0.39 is 4.92 Å². The van der Waals surface area contributed by atoms with Crippen LogP contribution in [0.3, 0.4) is 0 Å². The molecule has 0 saturated carbocycles. The van der Waals surface area contributed by atoms with Crippen molar-refractivity contribution < 1.29 is 14.5 Å². The van der Waals surface area contributed by atoms with E-state index in [0.717, 1.165) is 5.56 Å². The molecule has 28 heavy (non-hydrogen) atoms. The molecule has 1 aromatic carbocycles. The summed E-state index contributed by atoms with van der Waals surface area (Å²) < 4.78 is 1.58. The zero-order chi connectivity index (χ0) is 21.0. The van der Waals surface area contributed by atoms with Crippen molar-refractivity contribution in [2.45, 2.75) is 40.3 Å². The Labute approximate surface area is 163 Å². The zero-order valence-electron chi connectivity index (χ0n) is 16.7. The van der Waals surface area contributed by atoms with Gasteiger partial charge in [-0.25, -0.2) is 0 Å². The van der Waals surface area contributed by atoms with Gasteiger partial charge in [0, 0.05) is 18.7 Å². The van der Waals surface area contributed by atoms with Gasteiger partial charge in [-0.2, -0.15) is 5.10 Å². The Balaban J connectivity index is 2.07. The topological polar surface area (TPSA) is 110 Å². The predicted molar refractivity (Wildman–Crippen MR) is 104 cm³/mol. The van der Waals surface area contributed by atoms with Gasteiger partial charge >= 0.3 is 5.69 Å². The quantitative estimate of drug-likeness (QED) is 0.577. The van der Waals surface area contributed by atoms with Gasteiger partial charge in [0.1, 0.15) is 11.4 Å². The number of nitro groups is 1. The van der Waals surface area contributed by atoms with Crippen molar-refractivity contribution in [1.82, 2.24) is 20.0 Å². The fourth-order valence-corrected chi connectivity index (χ4v) is 2.91. The van der Waals surface area contributed by atoms with Gasteiger partial charge in [-0.15, -0.1) is 0 Å². The Morgan fingerprint density at radius 3 is 2.36 bits per heavy atom. The second-order valence-corrected chi connectivity index (χ2v) is 7.01. The number of likely N-dealkylation sites (N-methyl/N-ethyl adjacent to an activating group) is 1. The van der Waals surface area contributed by atoms with Gasteiger partial charge in [-0.05, 0) is 45.4 Å². The summed E-state index contributed by atoms with van der Waals surface area (Å²) >= 11 is 0.